The highest BCUT2D eigenvalue weighted by Gasteiger charge is 2.20. The highest BCUT2D eigenvalue weighted by atomic mass is 35.5. The Morgan fingerprint density at radius 3 is 2.19 bits per heavy atom. The van der Waals surface area contributed by atoms with Crippen LogP contribution >= 0.6 is 11.6 Å². The molecule has 0 aliphatic rings. The van der Waals surface area contributed by atoms with Gasteiger partial charge in [-0.05, 0) is 40.7 Å². The summed E-state index contributed by atoms with van der Waals surface area (Å²) >= 11 is 6.69. The standard InChI is InChI=1S/C19H25ClO/c1-6-15-8-10-18(21-15)19(20)16-9-7-14(12(2)3)11-17(16)13(4)5/h7-13,19H,6H2,1-5H3. The maximum atomic E-state index is 6.69. The molecule has 21 heavy (non-hydrogen) atoms. The molecule has 0 amide bonds. The molecule has 1 heterocycles. The molecule has 1 unspecified atom stereocenters. The lowest BCUT2D eigenvalue weighted by Gasteiger charge is -2.19. The van der Waals surface area contributed by atoms with E-state index in [1.165, 1.54) is 11.1 Å². The summed E-state index contributed by atoms with van der Waals surface area (Å²) in [6, 6.07) is 10.7. The predicted molar refractivity (Wildman–Crippen MR) is 90.4 cm³/mol. The molecule has 114 valence electrons. The summed E-state index contributed by atoms with van der Waals surface area (Å²) < 4.78 is 5.83. The van der Waals surface area contributed by atoms with E-state index in [0.717, 1.165) is 23.5 Å². The molecule has 0 bridgehead atoms. The van der Waals surface area contributed by atoms with E-state index in [-0.39, 0.29) is 5.38 Å². The van der Waals surface area contributed by atoms with Crippen LogP contribution in [0.4, 0.5) is 0 Å². The van der Waals surface area contributed by atoms with Crippen molar-refractivity contribution in [3.05, 3.63) is 58.5 Å². The van der Waals surface area contributed by atoms with Crippen LogP contribution in [0.25, 0.3) is 0 Å². The van der Waals surface area contributed by atoms with Crippen molar-refractivity contribution >= 4 is 11.6 Å². The van der Waals surface area contributed by atoms with Gasteiger partial charge in [-0.3, -0.25) is 0 Å². The van der Waals surface area contributed by atoms with Gasteiger partial charge in [-0.2, -0.15) is 0 Å². The maximum absolute atomic E-state index is 6.69. The van der Waals surface area contributed by atoms with Gasteiger partial charge >= 0.3 is 0 Å². The molecule has 0 radical (unpaired) electrons. The zero-order valence-electron chi connectivity index (χ0n) is 13.6. The topological polar surface area (TPSA) is 13.1 Å². The lowest BCUT2D eigenvalue weighted by atomic mass is 9.90. The van der Waals surface area contributed by atoms with Crippen molar-refractivity contribution in [1.82, 2.24) is 0 Å². The second-order valence-electron chi connectivity index (χ2n) is 6.22. The Balaban J connectivity index is 2.42. The van der Waals surface area contributed by atoms with Crippen LogP contribution in [0.5, 0.6) is 0 Å². The zero-order valence-corrected chi connectivity index (χ0v) is 14.4. The zero-order chi connectivity index (χ0) is 15.6. The van der Waals surface area contributed by atoms with Crippen LogP contribution in [0.3, 0.4) is 0 Å². The van der Waals surface area contributed by atoms with E-state index in [1.54, 1.807) is 0 Å². The van der Waals surface area contributed by atoms with Crippen LogP contribution in [-0.2, 0) is 6.42 Å². The molecule has 1 aromatic carbocycles. The van der Waals surface area contributed by atoms with Crippen molar-refractivity contribution in [2.24, 2.45) is 0 Å². The molecule has 0 aliphatic carbocycles. The lowest BCUT2D eigenvalue weighted by Crippen LogP contribution is -2.02. The van der Waals surface area contributed by atoms with E-state index in [4.69, 9.17) is 16.0 Å². The minimum absolute atomic E-state index is 0.219. The van der Waals surface area contributed by atoms with Gasteiger partial charge in [-0.1, -0.05) is 52.8 Å². The molecule has 1 aromatic heterocycles. The van der Waals surface area contributed by atoms with Crippen LogP contribution < -0.4 is 0 Å². The fourth-order valence-corrected chi connectivity index (χ4v) is 2.87. The van der Waals surface area contributed by atoms with Crippen molar-refractivity contribution in [1.29, 1.82) is 0 Å². The minimum atomic E-state index is -0.219. The van der Waals surface area contributed by atoms with Crippen LogP contribution in [0.1, 0.15) is 80.0 Å². The summed E-state index contributed by atoms with van der Waals surface area (Å²) in [5.41, 5.74) is 3.84. The highest BCUT2D eigenvalue weighted by Crippen LogP contribution is 2.36. The lowest BCUT2D eigenvalue weighted by molar-refractivity contribution is 0.474. The molecule has 1 atom stereocenters. The first-order chi connectivity index (χ1) is 9.93. The van der Waals surface area contributed by atoms with Crippen LogP contribution in [0.15, 0.2) is 34.7 Å². The summed E-state index contributed by atoms with van der Waals surface area (Å²) in [5.74, 6) is 2.80. The third kappa shape index (κ3) is 3.52. The van der Waals surface area contributed by atoms with E-state index in [0.29, 0.717) is 11.8 Å². The van der Waals surface area contributed by atoms with Crippen molar-refractivity contribution in [2.75, 3.05) is 0 Å². The molecule has 2 rings (SSSR count). The molecular formula is C19H25ClO. The van der Waals surface area contributed by atoms with Gasteiger partial charge < -0.3 is 4.42 Å². The Bertz CT molecular complexity index is 595. The van der Waals surface area contributed by atoms with Crippen LogP contribution in [0.2, 0.25) is 0 Å². The normalized spacial score (nSPS) is 13.1. The van der Waals surface area contributed by atoms with Gasteiger partial charge in [0.2, 0.25) is 0 Å². The first-order valence-electron chi connectivity index (χ1n) is 7.80. The Hall–Kier alpha value is -1.21. The molecule has 2 aromatic rings. The first kappa shape index (κ1) is 16.2. The smallest absolute Gasteiger partial charge is 0.126 e. The molecule has 0 aliphatic heterocycles. The van der Waals surface area contributed by atoms with Gasteiger partial charge in [-0.25, -0.2) is 0 Å². The third-order valence-electron chi connectivity index (χ3n) is 3.95. The number of aryl methyl sites for hydroxylation is 1. The Labute approximate surface area is 133 Å². The van der Waals surface area contributed by atoms with E-state index < -0.39 is 0 Å². The second-order valence-corrected chi connectivity index (χ2v) is 6.65. The van der Waals surface area contributed by atoms with Crippen molar-refractivity contribution in [2.45, 2.75) is 58.3 Å². The highest BCUT2D eigenvalue weighted by molar-refractivity contribution is 6.22. The molecular weight excluding hydrogens is 280 g/mol. The molecule has 2 heteroatoms. The van der Waals surface area contributed by atoms with Gasteiger partial charge in [0.05, 0.1) is 0 Å². The summed E-state index contributed by atoms with van der Waals surface area (Å²) in [5, 5.41) is -0.219. The third-order valence-corrected chi connectivity index (χ3v) is 4.40. The minimum Gasteiger partial charge on any atom is -0.464 e. The fourth-order valence-electron chi connectivity index (χ4n) is 2.56. The average Bonchev–Trinajstić information content (AvgIpc) is 2.94. The summed E-state index contributed by atoms with van der Waals surface area (Å²) in [6.45, 7) is 11.0. The first-order valence-corrected chi connectivity index (χ1v) is 8.24. The molecule has 0 fully saturated rings. The predicted octanol–water partition coefficient (Wildman–Crippen LogP) is 6.42. The van der Waals surface area contributed by atoms with Gasteiger partial charge in [-0.15, -0.1) is 11.6 Å². The SMILES string of the molecule is CCc1ccc(C(Cl)c2ccc(C(C)C)cc2C(C)C)o1. The average molecular weight is 305 g/mol. The number of hydrogen-bond donors (Lipinski definition) is 0. The van der Waals surface area contributed by atoms with Crippen LogP contribution in [0, 0.1) is 0 Å². The fraction of sp³-hybridized carbons (Fsp3) is 0.474. The molecule has 0 spiro atoms. The van der Waals surface area contributed by atoms with Crippen molar-refractivity contribution in [3.63, 3.8) is 0 Å². The molecule has 0 N–H and O–H groups in total. The monoisotopic (exact) mass is 304 g/mol. The molecule has 1 nitrogen and oxygen atoms in total. The van der Waals surface area contributed by atoms with E-state index >= 15 is 0 Å². The van der Waals surface area contributed by atoms with E-state index in [1.807, 2.05) is 12.1 Å². The number of rotatable bonds is 5. The molecule has 0 saturated heterocycles. The van der Waals surface area contributed by atoms with Gasteiger partial charge in [0.25, 0.3) is 0 Å². The summed E-state index contributed by atoms with van der Waals surface area (Å²) in [4.78, 5) is 0. The molecule has 0 saturated carbocycles. The van der Waals surface area contributed by atoms with Crippen molar-refractivity contribution < 1.29 is 4.42 Å². The second kappa shape index (κ2) is 6.70. The Morgan fingerprint density at radius 2 is 1.67 bits per heavy atom. The van der Waals surface area contributed by atoms with E-state index in [2.05, 4.69) is 52.8 Å². The number of furan rings is 1. The van der Waals surface area contributed by atoms with E-state index in [9.17, 15) is 0 Å². The van der Waals surface area contributed by atoms with Gasteiger partial charge in [0.15, 0.2) is 0 Å². The number of benzene rings is 1. The maximum Gasteiger partial charge on any atom is 0.126 e. The van der Waals surface area contributed by atoms with Crippen molar-refractivity contribution in [3.8, 4) is 0 Å². The van der Waals surface area contributed by atoms with Gasteiger partial charge in [0, 0.05) is 6.42 Å². The summed E-state index contributed by atoms with van der Waals surface area (Å²) in [6.07, 6.45) is 0.896. The Kier molecular flexibility index (Phi) is 5.16. The van der Waals surface area contributed by atoms with Crippen LogP contribution in [-0.4, -0.2) is 0 Å². The largest absolute Gasteiger partial charge is 0.464 e. The Morgan fingerprint density at radius 1 is 0.952 bits per heavy atom. The number of halogens is 1. The number of hydrogen-bond acceptors (Lipinski definition) is 1. The summed E-state index contributed by atoms with van der Waals surface area (Å²) in [7, 11) is 0. The number of alkyl halides is 1. The van der Waals surface area contributed by atoms with Gasteiger partial charge in [0.1, 0.15) is 16.9 Å². The quantitative estimate of drug-likeness (QED) is 0.581.